The standard InChI is InChI=1S/C13H9NO7S/c15-12(16)7-3-10-4-8-13(21-10)22(19,20)11-5-1-9(2-6-11)14(17)18/h1-8H,(H,15,16)/b7-3+. The normalized spacial score (nSPS) is 11.6. The highest BCUT2D eigenvalue weighted by Crippen LogP contribution is 2.25. The summed E-state index contributed by atoms with van der Waals surface area (Å²) in [5, 5.41) is 18.6. The molecule has 1 heterocycles. The van der Waals surface area contributed by atoms with E-state index in [4.69, 9.17) is 9.52 Å². The summed E-state index contributed by atoms with van der Waals surface area (Å²) < 4.78 is 29.6. The van der Waals surface area contributed by atoms with Crippen LogP contribution in [0.4, 0.5) is 5.69 Å². The molecular formula is C13H9NO7S. The number of non-ortho nitro benzene ring substituents is 1. The maximum atomic E-state index is 12.3. The molecule has 0 unspecified atom stereocenters. The van der Waals surface area contributed by atoms with Crippen molar-refractivity contribution in [3.63, 3.8) is 0 Å². The van der Waals surface area contributed by atoms with Crippen molar-refractivity contribution >= 4 is 27.6 Å². The number of carbonyl (C=O) groups is 1. The minimum absolute atomic E-state index is 0.0582. The number of hydrogen-bond donors (Lipinski definition) is 1. The lowest BCUT2D eigenvalue weighted by Gasteiger charge is -2.00. The molecule has 0 spiro atoms. The fraction of sp³-hybridized carbons (Fsp3) is 0. The van der Waals surface area contributed by atoms with E-state index in [1.807, 2.05) is 0 Å². The largest absolute Gasteiger partial charge is 0.478 e. The van der Waals surface area contributed by atoms with E-state index in [1.54, 1.807) is 0 Å². The van der Waals surface area contributed by atoms with Gasteiger partial charge in [-0.1, -0.05) is 0 Å². The number of nitro groups is 1. The summed E-state index contributed by atoms with van der Waals surface area (Å²) in [5.74, 6) is -1.14. The van der Waals surface area contributed by atoms with E-state index >= 15 is 0 Å². The van der Waals surface area contributed by atoms with Crippen molar-refractivity contribution in [1.82, 2.24) is 0 Å². The Hall–Kier alpha value is -2.94. The molecule has 2 rings (SSSR count). The summed E-state index contributed by atoms with van der Waals surface area (Å²) in [5.41, 5.74) is -0.233. The average Bonchev–Trinajstić information content (AvgIpc) is 2.95. The number of nitro benzene ring substituents is 1. The number of furan rings is 1. The molecule has 0 saturated carbocycles. The van der Waals surface area contributed by atoms with Gasteiger partial charge in [0.05, 0.1) is 9.82 Å². The van der Waals surface area contributed by atoms with E-state index in [0.717, 1.165) is 36.4 Å². The molecule has 0 aliphatic rings. The van der Waals surface area contributed by atoms with Crippen LogP contribution in [0, 0.1) is 10.1 Å². The van der Waals surface area contributed by atoms with Gasteiger partial charge in [0.15, 0.2) is 0 Å². The number of rotatable bonds is 5. The fourth-order valence-electron chi connectivity index (χ4n) is 1.58. The molecule has 9 heteroatoms. The molecule has 0 aliphatic carbocycles. The first-order chi connectivity index (χ1) is 10.3. The smallest absolute Gasteiger partial charge is 0.328 e. The van der Waals surface area contributed by atoms with E-state index in [0.29, 0.717) is 0 Å². The van der Waals surface area contributed by atoms with Crippen molar-refractivity contribution in [3.05, 3.63) is 58.3 Å². The van der Waals surface area contributed by atoms with Crippen LogP contribution in [0.3, 0.4) is 0 Å². The molecule has 0 aliphatic heterocycles. The second-order valence-corrected chi connectivity index (χ2v) is 5.96. The van der Waals surface area contributed by atoms with Crippen LogP contribution in [0.2, 0.25) is 0 Å². The SMILES string of the molecule is O=C(O)/C=C/c1ccc(S(=O)(=O)c2ccc([N+](=O)[O-])cc2)o1. The van der Waals surface area contributed by atoms with Crippen LogP contribution in [0.5, 0.6) is 0 Å². The maximum Gasteiger partial charge on any atom is 0.328 e. The predicted octanol–water partition coefficient (Wildman–Crippen LogP) is 2.12. The maximum absolute atomic E-state index is 12.3. The third-order valence-electron chi connectivity index (χ3n) is 2.62. The number of carboxylic acid groups (broad SMARTS) is 1. The molecule has 0 atom stereocenters. The molecule has 22 heavy (non-hydrogen) atoms. The molecule has 0 amide bonds. The van der Waals surface area contributed by atoms with E-state index in [-0.39, 0.29) is 21.4 Å². The van der Waals surface area contributed by atoms with Crippen LogP contribution in [0.15, 0.2) is 56.9 Å². The highest BCUT2D eigenvalue weighted by atomic mass is 32.2. The Balaban J connectivity index is 2.34. The van der Waals surface area contributed by atoms with Gasteiger partial charge in [0, 0.05) is 18.2 Å². The number of aliphatic carboxylic acids is 1. The van der Waals surface area contributed by atoms with Gasteiger partial charge in [-0.2, -0.15) is 0 Å². The zero-order valence-corrected chi connectivity index (χ0v) is 11.7. The van der Waals surface area contributed by atoms with Gasteiger partial charge in [0.1, 0.15) is 5.76 Å². The minimum atomic E-state index is -3.97. The molecule has 0 fully saturated rings. The highest BCUT2D eigenvalue weighted by Gasteiger charge is 2.22. The molecule has 114 valence electrons. The first kappa shape index (κ1) is 15.4. The van der Waals surface area contributed by atoms with Crippen molar-refractivity contribution in [3.8, 4) is 0 Å². The Kier molecular flexibility index (Phi) is 4.08. The number of carboxylic acids is 1. The van der Waals surface area contributed by atoms with Crippen molar-refractivity contribution in [2.24, 2.45) is 0 Å². The van der Waals surface area contributed by atoms with E-state index < -0.39 is 20.7 Å². The molecule has 0 radical (unpaired) electrons. The molecule has 0 saturated heterocycles. The topological polar surface area (TPSA) is 128 Å². The third kappa shape index (κ3) is 3.20. The lowest BCUT2D eigenvalue weighted by atomic mass is 10.3. The van der Waals surface area contributed by atoms with Crippen LogP contribution in [0.25, 0.3) is 6.08 Å². The van der Waals surface area contributed by atoms with Crippen LogP contribution < -0.4 is 0 Å². The first-order valence-electron chi connectivity index (χ1n) is 5.81. The Morgan fingerprint density at radius 2 is 1.82 bits per heavy atom. The second-order valence-electron chi connectivity index (χ2n) is 4.08. The van der Waals surface area contributed by atoms with E-state index in [9.17, 15) is 23.3 Å². The molecular weight excluding hydrogens is 314 g/mol. The summed E-state index contributed by atoms with van der Waals surface area (Å²) in [6.07, 6.45) is 1.91. The Morgan fingerprint density at radius 3 is 2.36 bits per heavy atom. The van der Waals surface area contributed by atoms with Crippen LogP contribution in [-0.2, 0) is 14.6 Å². The Labute approximate surface area is 124 Å². The lowest BCUT2D eigenvalue weighted by Crippen LogP contribution is -2.00. The van der Waals surface area contributed by atoms with Gasteiger partial charge in [-0.25, -0.2) is 13.2 Å². The molecule has 1 aromatic carbocycles. The summed E-state index contributed by atoms with van der Waals surface area (Å²) in [6.45, 7) is 0. The van der Waals surface area contributed by atoms with E-state index in [1.165, 1.54) is 12.1 Å². The zero-order valence-electron chi connectivity index (χ0n) is 10.9. The number of hydrogen-bond acceptors (Lipinski definition) is 6. The predicted molar refractivity (Wildman–Crippen MR) is 73.9 cm³/mol. The van der Waals surface area contributed by atoms with Crippen molar-refractivity contribution in [2.45, 2.75) is 9.99 Å². The summed E-state index contributed by atoms with van der Waals surface area (Å²) >= 11 is 0. The average molecular weight is 323 g/mol. The Morgan fingerprint density at radius 1 is 1.18 bits per heavy atom. The van der Waals surface area contributed by atoms with Crippen molar-refractivity contribution in [1.29, 1.82) is 0 Å². The fourth-order valence-corrected chi connectivity index (χ4v) is 2.76. The number of sulfone groups is 1. The molecule has 2 aromatic rings. The van der Waals surface area contributed by atoms with Crippen LogP contribution in [0.1, 0.15) is 5.76 Å². The van der Waals surface area contributed by atoms with Crippen LogP contribution >= 0.6 is 0 Å². The summed E-state index contributed by atoms with van der Waals surface area (Å²) in [7, 11) is -3.97. The molecule has 8 nitrogen and oxygen atoms in total. The van der Waals surface area contributed by atoms with Crippen molar-refractivity contribution in [2.75, 3.05) is 0 Å². The van der Waals surface area contributed by atoms with Gasteiger partial charge < -0.3 is 9.52 Å². The zero-order chi connectivity index (χ0) is 16.3. The molecule has 1 N–H and O–H groups in total. The number of benzene rings is 1. The molecule has 1 aromatic heterocycles. The summed E-state index contributed by atoms with van der Waals surface area (Å²) in [6, 6.07) is 6.82. The minimum Gasteiger partial charge on any atom is -0.478 e. The monoisotopic (exact) mass is 323 g/mol. The molecule has 0 bridgehead atoms. The first-order valence-corrected chi connectivity index (χ1v) is 7.29. The second kappa shape index (κ2) is 5.82. The van der Waals surface area contributed by atoms with Gasteiger partial charge in [-0.05, 0) is 30.3 Å². The quantitative estimate of drug-likeness (QED) is 0.507. The van der Waals surface area contributed by atoms with Gasteiger partial charge >= 0.3 is 5.97 Å². The third-order valence-corrected chi connectivity index (χ3v) is 4.26. The number of nitrogens with zero attached hydrogens (tertiary/aromatic N) is 1. The lowest BCUT2D eigenvalue weighted by molar-refractivity contribution is -0.384. The highest BCUT2D eigenvalue weighted by molar-refractivity contribution is 7.91. The van der Waals surface area contributed by atoms with Gasteiger partial charge in [-0.15, -0.1) is 0 Å². The summed E-state index contributed by atoms with van der Waals surface area (Å²) in [4.78, 5) is 20.1. The van der Waals surface area contributed by atoms with E-state index in [2.05, 4.69) is 0 Å². The van der Waals surface area contributed by atoms with Crippen LogP contribution in [-0.4, -0.2) is 24.4 Å². The van der Waals surface area contributed by atoms with Gasteiger partial charge in [-0.3, -0.25) is 10.1 Å². The van der Waals surface area contributed by atoms with Gasteiger partial charge in [0.25, 0.3) is 5.69 Å². The van der Waals surface area contributed by atoms with Gasteiger partial charge in [0.2, 0.25) is 14.9 Å². The Bertz CT molecular complexity index is 847. The van der Waals surface area contributed by atoms with Crippen molar-refractivity contribution < 1.29 is 27.7 Å².